The van der Waals surface area contributed by atoms with E-state index in [1.807, 2.05) is 11.0 Å². The minimum absolute atomic E-state index is 0.0458. The Morgan fingerprint density at radius 2 is 1.88 bits per heavy atom. The molecule has 26 heavy (non-hydrogen) atoms. The maximum atomic E-state index is 12.8. The zero-order chi connectivity index (χ0) is 18.0. The quantitative estimate of drug-likeness (QED) is 0.880. The second kappa shape index (κ2) is 7.39. The monoisotopic (exact) mass is 356 g/mol. The number of rotatable bonds is 5. The van der Waals surface area contributed by atoms with E-state index in [0.717, 1.165) is 38.9 Å². The molecule has 0 radical (unpaired) electrons. The third-order valence-electron chi connectivity index (χ3n) is 6.24. The normalized spacial score (nSPS) is 25.8. The Balaban J connectivity index is 1.41. The highest BCUT2D eigenvalue weighted by Crippen LogP contribution is 2.35. The Kier molecular flexibility index (Phi) is 4.98. The summed E-state index contributed by atoms with van der Waals surface area (Å²) in [5, 5.41) is 3.22. The van der Waals surface area contributed by atoms with E-state index in [4.69, 9.17) is 4.74 Å². The predicted octanol–water partition coefficient (Wildman–Crippen LogP) is 2.25. The Hall–Kier alpha value is -1.88. The van der Waals surface area contributed by atoms with Crippen molar-refractivity contribution in [3.05, 3.63) is 35.9 Å². The maximum absolute atomic E-state index is 12.8. The summed E-state index contributed by atoms with van der Waals surface area (Å²) in [5.41, 5.74) is 1.23. The first-order chi connectivity index (χ1) is 12.7. The van der Waals surface area contributed by atoms with Gasteiger partial charge in [-0.15, -0.1) is 0 Å². The van der Waals surface area contributed by atoms with Gasteiger partial charge >= 0.3 is 0 Å². The van der Waals surface area contributed by atoms with Crippen LogP contribution in [0.2, 0.25) is 0 Å². The van der Waals surface area contributed by atoms with Crippen LogP contribution in [0, 0.1) is 5.92 Å². The van der Waals surface area contributed by atoms with Gasteiger partial charge in [0.25, 0.3) is 0 Å². The van der Waals surface area contributed by atoms with E-state index in [1.54, 1.807) is 0 Å². The summed E-state index contributed by atoms with van der Waals surface area (Å²) in [6, 6.07) is 10.9. The Labute approximate surface area is 155 Å². The molecule has 3 aliphatic rings. The molecule has 2 aliphatic heterocycles. The zero-order valence-electron chi connectivity index (χ0n) is 15.3. The summed E-state index contributed by atoms with van der Waals surface area (Å²) in [6.45, 7) is 2.71. The van der Waals surface area contributed by atoms with Crippen LogP contribution in [0.25, 0.3) is 0 Å². The molecule has 2 heterocycles. The van der Waals surface area contributed by atoms with Crippen molar-refractivity contribution in [2.45, 2.75) is 50.0 Å². The first-order valence-electron chi connectivity index (χ1n) is 9.88. The molecule has 1 atom stereocenters. The number of benzene rings is 1. The van der Waals surface area contributed by atoms with Crippen LogP contribution in [0.4, 0.5) is 0 Å². The fraction of sp³-hybridized carbons (Fsp3) is 0.619. The van der Waals surface area contributed by atoms with Gasteiger partial charge in [-0.3, -0.25) is 9.59 Å². The minimum Gasteiger partial charge on any atom is -0.381 e. The van der Waals surface area contributed by atoms with Crippen molar-refractivity contribution >= 4 is 11.8 Å². The molecule has 1 aromatic rings. The number of likely N-dealkylation sites (tertiary alicyclic amines) is 1. The molecule has 5 heteroatoms. The lowest BCUT2D eigenvalue weighted by atomic mass is 9.74. The fourth-order valence-corrected chi connectivity index (χ4v) is 4.35. The van der Waals surface area contributed by atoms with Crippen molar-refractivity contribution in [1.82, 2.24) is 10.2 Å². The molecule has 140 valence electrons. The van der Waals surface area contributed by atoms with Gasteiger partial charge in [0.15, 0.2) is 0 Å². The van der Waals surface area contributed by atoms with Gasteiger partial charge < -0.3 is 15.0 Å². The van der Waals surface area contributed by atoms with Crippen LogP contribution < -0.4 is 5.32 Å². The highest BCUT2D eigenvalue weighted by Gasteiger charge is 2.40. The maximum Gasteiger partial charge on any atom is 0.224 e. The molecule has 1 aliphatic carbocycles. The SMILES string of the molecule is O=C(NCC1(c2ccccc2)CCOCC1)[C@@H]1CCC(=O)N(C2CC2)C1. The molecular weight excluding hydrogens is 328 g/mol. The van der Waals surface area contributed by atoms with E-state index in [9.17, 15) is 9.59 Å². The van der Waals surface area contributed by atoms with Gasteiger partial charge in [-0.1, -0.05) is 30.3 Å². The van der Waals surface area contributed by atoms with Crippen LogP contribution in [0.5, 0.6) is 0 Å². The Morgan fingerprint density at radius 1 is 1.15 bits per heavy atom. The van der Waals surface area contributed by atoms with Gasteiger partial charge in [-0.2, -0.15) is 0 Å². The first-order valence-corrected chi connectivity index (χ1v) is 9.88. The van der Waals surface area contributed by atoms with Crippen molar-refractivity contribution < 1.29 is 14.3 Å². The second-order valence-electron chi connectivity index (χ2n) is 7.99. The first kappa shape index (κ1) is 17.5. The van der Waals surface area contributed by atoms with Crippen LogP contribution in [0.3, 0.4) is 0 Å². The molecule has 1 aromatic carbocycles. The highest BCUT2D eigenvalue weighted by molar-refractivity contribution is 5.84. The van der Waals surface area contributed by atoms with Crippen LogP contribution in [-0.4, -0.2) is 49.1 Å². The van der Waals surface area contributed by atoms with Crippen LogP contribution in [-0.2, 0) is 19.7 Å². The summed E-state index contributed by atoms with van der Waals surface area (Å²) in [7, 11) is 0. The summed E-state index contributed by atoms with van der Waals surface area (Å²) in [6.07, 6.45) is 5.22. The van der Waals surface area contributed by atoms with Gasteiger partial charge in [0, 0.05) is 44.2 Å². The van der Waals surface area contributed by atoms with Crippen molar-refractivity contribution in [2.24, 2.45) is 5.92 Å². The van der Waals surface area contributed by atoms with Crippen LogP contribution in [0.15, 0.2) is 30.3 Å². The molecule has 0 bridgehead atoms. The number of amides is 2. The molecule has 0 spiro atoms. The zero-order valence-corrected chi connectivity index (χ0v) is 15.3. The van der Waals surface area contributed by atoms with Crippen molar-refractivity contribution in [1.29, 1.82) is 0 Å². The molecule has 1 saturated carbocycles. The Morgan fingerprint density at radius 3 is 2.58 bits per heavy atom. The second-order valence-corrected chi connectivity index (χ2v) is 7.99. The van der Waals surface area contributed by atoms with Crippen molar-refractivity contribution in [3.63, 3.8) is 0 Å². The molecule has 4 rings (SSSR count). The summed E-state index contributed by atoms with van der Waals surface area (Å²) >= 11 is 0. The van der Waals surface area contributed by atoms with Gasteiger partial charge in [0.1, 0.15) is 0 Å². The molecule has 0 aromatic heterocycles. The number of carbonyl (C=O) groups is 2. The van der Waals surface area contributed by atoms with Gasteiger partial charge in [-0.25, -0.2) is 0 Å². The predicted molar refractivity (Wildman–Crippen MR) is 98.6 cm³/mol. The highest BCUT2D eigenvalue weighted by atomic mass is 16.5. The van der Waals surface area contributed by atoms with E-state index < -0.39 is 0 Å². The number of nitrogens with one attached hydrogen (secondary N) is 1. The van der Waals surface area contributed by atoms with Gasteiger partial charge in [-0.05, 0) is 37.7 Å². The third-order valence-corrected chi connectivity index (χ3v) is 6.24. The fourth-order valence-electron chi connectivity index (χ4n) is 4.35. The van der Waals surface area contributed by atoms with E-state index in [2.05, 4.69) is 29.6 Å². The number of ether oxygens (including phenoxy) is 1. The molecular formula is C21H28N2O3. The van der Waals surface area contributed by atoms with E-state index in [1.165, 1.54) is 5.56 Å². The topological polar surface area (TPSA) is 58.6 Å². The third kappa shape index (κ3) is 3.63. The Bertz CT molecular complexity index is 650. The molecule has 0 unspecified atom stereocenters. The van der Waals surface area contributed by atoms with E-state index in [0.29, 0.717) is 32.0 Å². The standard InChI is InChI=1S/C21H28N2O3/c24-19-9-6-16(14-23(19)18-7-8-18)20(25)22-15-21(10-12-26-13-11-21)17-4-2-1-3-5-17/h1-5,16,18H,6-15H2,(H,22,25)/t16-/m1/s1. The molecule has 5 nitrogen and oxygen atoms in total. The van der Waals surface area contributed by atoms with Crippen molar-refractivity contribution in [3.8, 4) is 0 Å². The lowest BCUT2D eigenvalue weighted by Crippen LogP contribution is -2.50. The van der Waals surface area contributed by atoms with E-state index in [-0.39, 0.29) is 23.1 Å². The lowest BCUT2D eigenvalue weighted by Gasteiger charge is -2.39. The molecule has 2 amide bonds. The summed E-state index contributed by atoms with van der Waals surface area (Å²) in [4.78, 5) is 26.8. The summed E-state index contributed by atoms with van der Waals surface area (Å²) < 4.78 is 5.57. The number of hydrogen-bond donors (Lipinski definition) is 1. The number of nitrogens with zero attached hydrogens (tertiary/aromatic N) is 1. The lowest BCUT2D eigenvalue weighted by molar-refractivity contribution is -0.139. The van der Waals surface area contributed by atoms with E-state index >= 15 is 0 Å². The minimum atomic E-state index is -0.0686. The summed E-state index contributed by atoms with van der Waals surface area (Å²) in [5.74, 6) is 0.257. The molecule has 2 saturated heterocycles. The van der Waals surface area contributed by atoms with Crippen LogP contribution in [0.1, 0.15) is 44.1 Å². The average Bonchev–Trinajstić information content (AvgIpc) is 3.53. The van der Waals surface area contributed by atoms with Gasteiger partial charge in [0.2, 0.25) is 11.8 Å². The smallest absolute Gasteiger partial charge is 0.224 e. The van der Waals surface area contributed by atoms with Crippen molar-refractivity contribution in [2.75, 3.05) is 26.3 Å². The van der Waals surface area contributed by atoms with Gasteiger partial charge in [0.05, 0.1) is 5.92 Å². The largest absolute Gasteiger partial charge is 0.381 e. The average molecular weight is 356 g/mol. The van der Waals surface area contributed by atoms with Crippen LogP contribution >= 0.6 is 0 Å². The number of carbonyl (C=O) groups excluding carboxylic acids is 2. The molecule has 3 fully saturated rings. The number of piperidine rings is 1. The number of hydrogen-bond acceptors (Lipinski definition) is 3. The molecule has 1 N–H and O–H groups in total.